The van der Waals surface area contributed by atoms with E-state index in [2.05, 4.69) is 18.0 Å². The number of benzene rings is 1. The molecule has 0 spiro atoms. The van der Waals surface area contributed by atoms with Crippen LogP contribution in [0.4, 0.5) is 5.82 Å². The fourth-order valence-electron chi connectivity index (χ4n) is 2.14. The van der Waals surface area contributed by atoms with Gasteiger partial charge < -0.3 is 10.2 Å². The first-order valence-electron chi connectivity index (χ1n) is 5.87. The minimum absolute atomic E-state index is 0.531. The molecule has 0 fully saturated rings. The molecule has 2 N–H and O–H groups in total. The number of nitrogens with zero attached hydrogens (tertiary/aromatic N) is 1. The van der Waals surface area contributed by atoms with E-state index in [-0.39, 0.29) is 0 Å². The highest BCUT2D eigenvalue weighted by atomic mass is 16.3. The summed E-state index contributed by atoms with van der Waals surface area (Å²) in [6.07, 6.45) is 0. The second-order valence-corrected chi connectivity index (χ2v) is 4.52. The average molecular weight is 238 g/mol. The lowest BCUT2D eigenvalue weighted by molar-refractivity contribution is 0.630. The standard InChI is InChI=1S/C15H14N2O/c1-9-3-5-13-11(7-9)8-14(18-13)12-4-6-15(16)17-10(12)2/h3-8H,1-2H3,(H2,16,17). The molecule has 2 aromatic heterocycles. The zero-order valence-electron chi connectivity index (χ0n) is 10.4. The van der Waals surface area contributed by atoms with Crippen LogP contribution in [0.5, 0.6) is 0 Å². The number of aromatic nitrogens is 1. The third kappa shape index (κ3) is 1.74. The molecule has 3 aromatic rings. The van der Waals surface area contributed by atoms with Crippen molar-refractivity contribution in [3.63, 3.8) is 0 Å². The number of aryl methyl sites for hydroxylation is 2. The molecule has 2 heterocycles. The maximum Gasteiger partial charge on any atom is 0.137 e. The van der Waals surface area contributed by atoms with Gasteiger partial charge in [0, 0.05) is 10.9 Å². The Labute approximate surface area is 105 Å². The summed E-state index contributed by atoms with van der Waals surface area (Å²) in [7, 11) is 0. The Hall–Kier alpha value is -2.29. The molecule has 0 amide bonds. The van der Waals surface area contributed by atoms with Crippen molar-refractivity contribution >= 4 is 16.8 Å². The van der Waals surface area contributed by atoms with Crippen molar-refractivity contribution in [2.75, 3.05) is 5.73 Å². The van der Waals surface area contributed by atoms with E-state index < -0.39 is 0 Å². The predicted octanol–water partition coefficient (Wildman–Crippen LogP) is 3.69. The zero-order valence-corrected chi connectivity index (χ0v) is 10.4. The van der Waals surface area contributed by atoms with Gasteiger partial charge in [-0.1, -0.05) is 11.6 Å². The Kier molecular flexibility index (Phi) is 2.33. The molecule has 0 aliphatic heterocycles. The lowest BCUT2D eigenvalue weighted by Crippen LogP contribution is -1.93. The van der Waals surface area contributed by atoms with Crippen molar-refractivity contribution in [2.24, 2.45) is 0 Å². The molecule has 0 atom stereocenters. The first-order chi connectivity index (χ1) is 8.63. The van der Waals surface area contributed by atoms with Gasteiger partial charge in [0.2, 0.25) is 0 Å². The van der Waals surface area contributed by atoms with Crippen LogP contribution in [0.15, 0.2) is 40.8 Å². The van der Waals surface area contributed by atoms with Gasteiger partial charge in [-0.25, -0.2) is 4.98 Å². The summed E-state index contributed by atoms with van der Waals surface area (Å²) < 4.78 is 5.85. The molecule has 0 radical (unpaired) electrons. The van der Waals surface area contributed by atoms with Crippen LogP contribution in [0, 0.1) is 13.8 Å². The summed E-state index contributed by atoms with van der Waals surface area (Å²) >= 11 is 0. The van der Waals surface area contributed by atoms with E-state index in [1.807, 2.05) is 31.2 Å². The summed E-state index contributed by atoms with van der Waals surface area (Å²) in [6.45, 7) is 4.01. The average Bonchev–Trinajstić information content (AvgIpc) is 2.71. The number of anilines is 1. The third-order valence-corrected chi connectivity index (χ3v) is 3.04. The van der Waals surface area contributed by atoms with Crippen LogP contribution in [0.3, 0.4) is 0 Å². The Bertz CT molecular complexity index is 728. The molecule has 3 nitrogen and oxygen atoms in total. The molecule has 18 heavy (non-hydrogen) atoms. The first-order valence-corrected chi connectivity index (χ1v) is 5.87. The highest BCUT2D eigenvalue weighted by Crippen LogP contribution is 2.30. The molecule has 0 saturated heterocycles. The predicted molar refractivity (Wildman–Crippen MR) is 73.3 cm³/mol. The molecule has 90 valence electrons. The van der Waals surface area contributed by atoms with Crippen molar-refractivity contribution in [2.45, 2.75) is 13.8 Å². The van der Waals surface area contributed by atoms with E-state index in [0.29, 0.717) is 5.82 Å². The number of rotatable bonds is 1. The Balaban J connectivity index is 2.19. The summed E-state index contributed by atoms with van der Waals surface area (Å²) in [5.41, 5.74) is 9.64. The number of fused-ring (bicyclic) bond motifs is 1. The van der Waals surface area contributed by atoms with Crippen molar-refractivity contribution < 1.29 is 4.42 Å². The molecule has 0 saturated carbocycles. The Morgan fingerprint density at radius 1 is 1.06 bits per heavy atom. The highest BCUT2D eigenvalue weighted by molar-refractivity contribution is 5.83. The molecular formula is C15H14N2O. The van der Waals surface area contributed by atoms with Crippen molar-refractivity contribution in [3.8, 4) is 11.3 Å². The van der Waals surface area contributed by atoms with Crippen LogP contribution in [-0.4, -0.2) is 4.98 Å². The van der Waals surface area contributed by atoms with E-state index in [4.69, 9.17) is 10.2 Å². The molecule has 0 unspecified atom stereocenters. The van der Waals surface area contributed by atoms with Crippen molar-refractivity contribution in [1.29, 1.82) is 0 Å². The zero-order chi connectivity index (χ0) is 12.7. The lowest BCUT2D eigenvalue weighted by atomic mass is 10.1. The molecule has 0 aliphatic carbocycles. The van der Waals surface area contributed by atoms with Gasteiger partial charge in [0.15, 0.2) is 0 Å². The smallest absolute Gasteiger partial charge is 0.137 e. The Morgan fingerprint density at radius 3 is 2.67 bits per heavy atom. The minimum Gasteiger partial charge on any atom is -0.456 e. The SMILES string of the molecule is Cc1ccc2oc(-c3ccc(N)nc3C)cc2c1. The summed E-state index contributed by atoms with van der Waals surface area (Å²) in [4.78, 5) is 4.26. The van der Waals surface area contributed by atoms with Gasteiger partial charge in [-0.2, -0.15) is 0 Å². The van der Waals surface area contributed by atoms with E-state index in [0.717, 1.165) is 28.0 Å². The molecule has 0 aliphatic rings. The Morgan fingerprint density at radius 2 is 1.89 bits per heavy atom. The number of hydrogen-bond acceptors (Lipinski definition) is 3. The first kappa shape index (κ1) is 10.8. The quantitative estimate of drug-likeness (QED) is 0.703. The molecule has 3 rings (SSSR count). The summed E-state index contributed by atoms with van der Waals surface area (Å²) in [6, 6.07) is 11.9. The second kappa shape index (κ2) is 3.88. The molecule has 3 heteroatoms. The maximum atomic E-state index is 5.85. The van der Waals surface area contributed by atoms with Crippen LogP contribution in [-0.2, 0) is 0 Å². The van der Waals surface area contributed by atoms with Gasteiger partial charge in [0.05, 0.1) is 5.69 Å². The van der Waals surface area contributed by atoms with Crippen molar-refractivity contribution in [1.82, 2.24) is 4.98 Å². The van der Waals surface area contributed by atoms with E-state index in [1.54, 1.807) is 6.07 Å². The molecule has 1 aromatic carbocycles. The van der Waals surface area contributed by atoms with Crippen molar-refractivity contribution in [3.05, 3.63) is 47.7 Å². The van der Waals surface area contributed by atoms with Crippen LogP contribution < -0.4 is 5.73 Å². The summed E-state index contributed by atoms with van der Waals surface area (Å²) in [5.74, 6) is 1.36. The molecular weight excluding hydrogens is 224 g/mol. The topological polar surface area (TPSA) is 52.0 Å². The van der Waals surface area contributed by atoms with E-state index in [9.17, 15) is 0 Å². The van der Waals surface area contributed by atoms with Gasteiger partial charge in [0.1, 0.15) is 17.2 Å². The number of nitrogens with two attached hydrogens (primary N) is 1. The minimum atomic E-state index is 0.531. The normalized spacial score (nSPS) is 11.0. The number of nitrogen functional groups attached to an aromatic ring is 1. The number of furan rings is 1. The highest BCUT2D eigenvalue weighted by Gasteiger charge is 2.09. The third-order valence-electron chi connectivity index (χ3n) is 3.04. The van der Waals surface area contributed by atoms with Crippen LogP contribution in [0.1, 0.15) is 11.3 Å². The van der Waals surface area contributed by atoms with Crippen LogP contribution in [0.25, 0.3) is 22.3 Å². The van der Waals surface area contributed by atoms with Gasteiger partial charge in [-0.3, -0.25) is 0 Å². The van der Waals surface area contributed by atoms with Crippen LogP contribution >= 0.6 is 0 Å². The van der Waals surface area contributed by atoms with Crippen LogP contribution in [0.2, 0.25) is 0 Å². The fourth-order valence-corrected chi connectivity index (χ4v) is 2.14. The van der Waals surface area contributed by atoms with Gasteiger partial charge in [-0.05, 0) is 44.2 Å². The molecule has 0 bridgehead atoms. The van der Waals surface area contributed by atoms with Gasteiger partial charge >= 0.3 is 0 Å². The van der Waals surface area contributed by atoms with E-state index in [1.165, 1.54) is 5.56 Å². The largest absolute Gasteiger partial charge is 0.456 e. The fraction of sp³-hybridized carbons (Fsp3) is 0.133. The second-order valence-electron chi connectivity index (χ2n) is 4.52. The monoisotopic (exact) mass is 238 g/mol. The van der Waals surface area contributed by atoms with E-state index >= 15 is 0 Å². The van der Waals surface area contributed by atoms with Gasteiger partial charge in [-0.15, -0.1) is 0 Å². The van der Waals surface area contributed by atoms with Gasteiger partial charge in [0.25, 0.3) is 0 Å². The lowest BCUT2D eigenvalue weighted by Gasteiger charge is -2.01. The number of pyridine rings is 1. The number of hydrogen-bond donors (Lipinski definition) is 1. The summed E-state index contributed by atoms with van der Waals surface area (Å²) in [5, 5.41) is 1.11. The maximum absolute atomic E-state index is 5.85.